The van der Waals surface area contributed by atoms with Gasteiger partial charge < -0.3 is 14.6 Å². The zero-order chi connectivity index (χ0) is 13.5. The monoisotopic (exact) mass is 258 g/mol. The third kappa shape index (κ3) is 4.30. The lowest BCUT2D eigenvalue weighted by Crippen LogP contribution is -2.15. The average molecular weight is 258 g/mol. The van der Waals surface area contributed by atoms with E-state index in [1.54, 1.807) is 0 Å². The Hall–Kier alpha value is -2.00. The number of benzene rings is 2. The van der Waals surface area contributed by atoms with Crippen LogP contribution in [0.5, 0.6) is 17.2 Å². The molecule has 2 aromatic carbocycles. The maximum Gasteiger partial charge on any atom is 0.127 e. The van der Waals surface area contributed by atoms with E-state index in [-0.39, 0.29) is 0 Å². The van der Waals surface area contributed by atoms with Crippen LogP contribution in [0.4, 0.5) is 0 Å². The Kier molecular flexibility index (Phi) is 4.81. The van der Waals surface area contributed by atoms with E-state index in [1.165, 1.54) is 0 Å². The second-order valence-corrected chi connectivity index (χ2v) is 4.26. The lowest BCUT2D eigenvalue weighted by molar-refractivity contribution is 0.104. The molecule has 1 atom stereocenters. The maximum absolute atomic E-state index is 9.42. The van der Waals surface area contributed by atoms with Crippen LogP contribution in [0.1, 0.15) is 13.3 Å². The zero-order valence-corrected chi connectivity index (χ0v) is 11.0. The van der Waals surface area contributed by atoms with Crippen molar-refractivity contribution in [2.75, 3.05) is 6.61 Å². The molecule has 2 rings (SSSR count). The summed E-state index contributed by atoms with van der Waals surface area (Å²) in [6.45, 7) is 2.24. The highest BCUT2D eigenvalue weighted by Gasteiger charge is 2.02. The van der Waals surface area contributed by atoms with E-state index in [1.807, 2.05) is 61.5 Å². The van der Waals surface area contributed by atoms with Crippen molar-refractivity contribution in [3.8, 4) is 17.2 Å². The first-order chi connectivity index (χ1) is 9.28. The minimum atomic E-state index is -0.416. The van der Waals surface area contributed by atoms with Gasteiger partial charge >= 0.3 is 0 Å². The standard InChI is InChI=1S/C16H18O3/c1-2-13(17)12-18-14-8-10-16(11-9-14)19-15-6-4-3-5-7-15/h3-11,13,17H,2,12H2,1H3/t13-/m0/s1. The lowest BCUT2D eigenvalue weighted by atomic mass is 10.3. The van der Waals surface area contributed by atoms with Crippen LogP contribution in [0.2, 0.25) is 0 Å². The lowest BCUT2D eigenvalue weighted by Gasteiger charge is -2.11. The van der Waals surface area contributed by atoms with Gasteiger partial charge in [-0.25, -0.2) is 0 Å². The molecule has 0 aliphatic rings. The molecule has 0 saturated carbocycles. The van der Waals surface area contributed by atoms with Crippen LogP contribution in [0.3, 0.4) is 0 Å². The molecule has 2 aromatic rings. The van der Waals surface area contributed by atoms with E-state index in [4.69, 9.17) is 9.47 Å². The summed E-state index contributed by atoms with van der Waals surface area (Å²) in [5.74, 6) is 2.29. The van der Waals surface area contributed by atoms with Crippen LogP contribution in [0.25, 0.3) is 0 Å². The summed E-state index contributed by atoms with van der Waals surface area (Å²) in [4.78, 5) is 0. The topological polar surface area (TPSA) is 38.7 Å². The number of hydrogen-bond acceptors (Lipinski definition) is 3. The van der Waals surface area contributed by atoms with Crippen molar-refractivity contribution in [1.82, 2.24) is 0 Å². The van der Waals surface area contributed by atoms with E-state index in [2.05, 4.69) is 0 Å². The summed E-state index contributed by atoms with van der Waals surface area (Å²) >= 11 is 0. The molecule has 0 aromatic heterocycles. The Morgan fingerprint density at radius 2 is 1.47 bits per heavy atom. The molecule has 0 heterocycles. The van der Waals surface area contributed by atoms with Gasteiger partial charge in [0.25, 0.3) is 0 Å². The van der Waals surface area contributed by atoms with Gasteiger partial charge in [0.2, 0.25) is 0 Å². The first kappa shape index (κ1) is 13.4. The Balaban J connectivity index is 1.91. The number of para-hydroxylation sites is 1. The van der Waals surface area contributed by atoms with Crippen molar-refractivity contribution in [3.05, 3.63) is 54.6 Å². The summed E-state index contributed by atoms with van der Waals surface area (Å²) in [5.41, 5.74) is 0. The van der Waals surface area contributed by atoms with Crippen molar-refractivity contribution in [2.24, 2.45) is 0 Å². The Bertz CT molecular complexity index is 479. The third-order valence-electron chi connectivity index (χ3n) is 2.72. The third-order valence-corrected chi connectivity index (χ3v) is 2.72. The Morgan fingerprint density at radius 1 is 0.895 bits per heavy atom. The minimum absolute atomic E-state index is 0.315. The van der Waals surface area contributed by atoms with E-state index in [0.717, 1.165) is 17.2 Å². The predicted molar refractivity (Wildman–Crippen MR) is 74.8 cm³/mol. The van der Waals surface area contributed by atoms with Gasteiger partial charge in [-0.2, -0.15) is 0 Å². The molecular formula is C16H18O3. The molecule has 19 heavy (non-hydrogen) atoms. The molecule has 0 radical (unpaired) electrons. The van der Waals surface area contributed by atoms with Crippen LogP contribution in [-0.2, 0) is 0 Å². The number of rotatable bonds is 6. The van der Waals surface area contributed by atoms with Crippen LogP contribution in [0.15, 0.2) is 54.6 Å². The van der Waals surface area contributed by atoms with Crippen LogP contribution in [0, 0.1) is 0 Å². The highest BCUT2D eigenvalue weighted by molar-refractivity contribution is 5.35. The van der Waals surface area contributed by atoms with Gasteiger partial charge in [0, 0.05) is 0 Å². The van der Waals surface area contributed by atoms with Gasteiger partial charge in [-0.3, -0.25) is 0 Å². The SMILES string of the molecule is CC[C@H](O)COc1ccc(Oc2ccccc2)cc1. The van der Waals surface area contributed by atoms with Crippen molar-refractivity contribution in [1.29, 1.82) is 0 Å². The van der Waals surface area contributed by atoms with Crippen LogP contribution in [-0.4, -0.2) is 17.8 Å². The number of hydrogen-bond donors (Lipinski definition) is 1. The van der Waals surface area contributed by atoms with Crippen molar-refractivity contribution in [3.63, 3.8) is 0 Å². The number of ether oxygens (including phenoxy) is 2. The smallest absolute Gasteiger partial charge is 0.127 e. The minimum Gasteiger partial charge on any atom is -0.491 e. The van der Waals surface area contributed by atoms with Gasteiger partial charge in [-0.1, -0.05) is 25.1 Å². The molecule has 3 nitrogen and oxygen atoms in total. The summed E-state index contributed by atoms with van der Waals surface area (Å²) in [6.07, 6.45) is 0.273. The van der Waals surface area contributed by atoms with Crippen LogP contribution < -0.4 is 9.47 Å². The fourth-order valence-electron chi connectivity index (χ4n) is 1.54. The van der Waals surface area contributed by atoms with Gasteiger partial charge in [0.15, 0.2) is 0 Å². The number of aliphatic hydroxyl groups excluding tert-OH is 1. The van der Waals surface area contributed by atoms with Gasteiger partial charge in [-0.05, 0) is 42.8 Å². The second kappa shape index (κ2) is 6.81. The van der Waals surface area contributed by atoms with Gasteiger partial charge in [0.05, 0.1) is 6.10 Å². The summed E-state index contributed by atoms with van der Waals surface area (Å²) in [7, 11) is 0. The highest BCUT2D eigenvalue weighted by Crippen LogP contribution is 2.23. The molecule has 0 saturated heterocycles. The average Bonchev–Trinajstić information content (AvgIpc) is 2.47. The van der Waals surface area contributed by atoms with Crippen molar-refractivity contribution < 1.29 is 14.6 Å². The molecule has 0 aliphatic carbocycles. The fraction of sp³-hybridized carbons (Fsp3) is 0.250. The first-order valence-corrected chi connectivity index (χ1v) is 6.41. The summed E-state index contributed by atoms with van der Waals surface area (Å²) < 4.78 is 11.1. The first-order valence-electron chi connectivity index (χ1n) is 6.41. The molecule has 100 valence electrons. The normalized spacial score (nSPS) is 11.9. The highest BCUT2D eigenvalue weighted by atomic mass is 16.5. The molecule has 0 unspecified atom stereocenters. The Labute approximate surface area is 113 Å². The zero-order valence-electron chi connectivity index (χ0n) is 11.0. The van der Waals surface area contributed by atoms with E-state index >= 15 is 0 Å². The summed E-state index contributed by atoms with van der Waals surface area (Å²) in [5, 5.41) is 9.42. The Morgan fingerprint density at radius 3 is 2.11 bits per heavy atom. The predicted octanol–water partition coefficient (Wildman–Crippen LogP) is 3.63. The van der Waals surface area contributed by atoms with Crippen molar-refractivity contribution >= 4 is 0 Å². The molecule has 0 amide bonds. The van der Waals surface area contributed by atoms with Crippen molar-refractivity contribution in [2.45, 2.75) is 19.4 Å². The molecule has 3 heteroatoms. The van der Waals surface area contributed by atoms with E-state index in [9.17, 15) is 5.11 Å². The molecule has 1 N–H and O–H groups in total. The fourth-order valence-corrected chi connectivity index (χ4v) is 1.54. The van der Waals surface area contributed by atoms with E-state index < -0.39 is 6.10 Å². The number of aliphatic hydroxyl groups is 1. The molecule has 0 fully saturated rings. The van der Waals surface area contributed by atoms with Gasteiger partial charge in [-0.15, -0.1) is 0 Å². The molecular weight excluding hydrogens is 240 g/mol. The van der Waals surface area contributed by atoms with Gasteiger partial charge in [0.1, 0.15) is 23.9 Å². The maximum atomic E-state index is 9.42. The molecule has 0 spiro atoms. The quantitative estimate of drug-likeness (QED) is 0.860. The largest absolute Gasteiger partial charge is 0.491 e. The second-order valence-electron chi connectivity index (χ2n) is 4.26. The summed E-state index contributed by atoms with van der Waals surface area (Å²) in [6, 6.07) is 17.0. The van der Waals surface area contributed by atoms with Crippen LogP contribution >= 0.6 is 0 Å². The van der Waals surface area contributed by atoms with E-state index in [0.29, 0.717) is 13.0 Å². The molecule has 0 aliphatic heterocycles. The molecule has 0 bridgehead atoms.